The number of halogens is 1. The van der Waals surface area contributed by atoms with Crippen LogP contribution >= 0.6 is 11.6 Å². The van der Waals surface area contributed by atoms with E-state index < -0.39 is 5.54 Å². The molecule has 1 amide bonds. The van der Waals surface area contributed by atoms with Crippen LogP contribution in [-0.2, 0) is 28.9 Å². The summed E-state index contributed by atoms with van der Waals surface area (Å²) in [5.74, 6) is 0.684. The molecule has 0 aromatic heterocycles. The number of ether oxygens (including phenoxy) is 2. The van der Waals surface area contributed by atoms with Crippen LogP contribution in [0.3, 0.4) is 0 Å². The predicted octanol–water partition coefficient (Wildman–Crippen LogP) is 4.53. The molecule has 0 spiro atoms. The lowest BCUT2D eigenvalue weighted by Crippen LogP contribution is -2.53. The quantitative estimate of drug-likeness (QED) is 0.0870. The van der Waals surface area contributed by atoms with E-state index in [4.69, 9.17) is 36.7 Å². The van der Waals surface area contributed by atoms with Crippen molar-refractivity contribution in [3.63, 3.8) is 0 Å². The Bertz CT molecular complexity index is 1360. The Morgan fingerprint density at radius 3 is 2.60 bits per heavy atom. The maximum absolute atomic E-state index is 13.6. The number of benzene rings is 3. The fraction of sp³-hybridized carbons (Fsp3) is 0.310. The maximum atomic E-state index is 13.6. The number of hydrazine groups is 1. The van der Waals surface area contributed by atoms with Crippen LogP contribution in [0.2, 0.25) is 5.02 Å². The zero-order chi connectivity index (χ0) is 28.2. The van der Waals surface area contributed by atoms with Gasteiger partial charge in [-0.1, -0.05) is 53.1 Å². The molecule has 0 saturated carbocycles. The summed E-state index contributed by atoms with van der Waals surface area (Å²) in [6, 6.07) is 22.3. The van der Waals surface area contributed by atoms with Gasteiger partial charge in [-0.25, -0.2) is 10.4 Å². The van der Waals surface area contributed by atoms with Gasteiger partial charge in [0, 0.05) is 41.5 Å². The lowest BCUT2D eigenvalue weighted by molar-refractivity contribution is -0.127. The number of aliphatic hydroxyl groups excluding tert-OH is 1. The van der Waals surface area contributed by atoms with Crippen molar-refractivity contribution in [2.24, 2.45) is 10.1 Å². The van der Waals surface area contributed by atoms with E-state index in [1.165, 1.54) is 0 Å². The van der Waals surface area contributed by atoms with Crippen molar-refractivity contribution in [3.05, 3.63) is 111 Å². The van der Waals surface area contributed by atoms with Gasteiger partial charge in [-0.15, -0.1) is 0 Å². The first-order valence-electron chi connectivity index (χ1n) is 12.9. The van der Waals surface area contributed by atoms with Crippen LogP contribution in [0.5, 0.6) is 5.75 Å². The van der Waals surface area contributed by atoms with E-state index in [0.717, 1.165) is 16.7 Å². The third-order valence-electron chi connectivity index (χ3n) is 6.42. The second kappa shape index (κ2) is 14.3. The number of aliphatic hydroxyl groups is 1. The first-order valence-corrected chi connectivity index (χ1v) is 13.3. The van der Waals surface area contributed by atoms with Crippen molar-refractivity contribution in [2.75, 3.05) is 26.4 Å². The van der Waals surface area contributed by atoms with Crippen molar-refractivity contribution in [1.29, 1.82) is 0 Å². The molecule has 1 atom stereocenters. The minimum Gasteiger partial charge on any atom is -0.494 e. The predicted molar refractivity (Wildman–Crippen MR) is 153 cm³/mol. The van der Waals surface area contributed by atoms with E-state index in [2.05, 4.69) is 20.9 Å². The molecule has 0 bridgehead atoms. The summed E-state index contributed by atoms with van der Waals surface area (Å²) in [5, 5.41) is 13.3. The van der Waals surface area contributed by atoms with Gasteiger partial charge >= 0.3 is 0 Å². The van der Waals surface area contributed by atoms with E-state index in [0.29, 0.717) is 48.2 Å². The summed E-state index contributed by atoms with van der Waals surface area (Å²) >= 11 is 5.96. The molecule has 1 heterocycles. The molecule has 3 aromatic carbocycles. The van der Waals surface area contributed by atoms with E-state index in [9.17, 15) is 4.79 Å². The first kappa shape index (κ1) is 28.9. The number of rotatable bonds is 14. The van der Waals surface area contributed by atoms with E-state index in [1.807, 2.05) is 60.7 Å². The SMILES string of the molecule is [N-]=[N+]=NCc1ccccc1C[C@@]1(C(=O)NNCCc2ccc(Cl)cc2)COC(c2ccc(OCCCO)cc2)=N1. The number of aliphatic imine (C=N–C) groups is 1. The van der Waals surface area contributed by atoms with E-state index in [-0.39, 0.29) is 32.1 Å². The van der Waals surface area contributed by atoms with Gasteiger partial charge in [-0.3, -0.25) is 10.2 Å². The summed E-state index contributed by atoms with van der Waals surface area (Å²) in [6.45, 7) is 1.19. The van der Waals surface area contributed by atoms with Gasteiger partial charge in [0.2, 0.25) is 5.90 Å². The van der Waals surface area contributed by atoms with Crippen LogP contribution in [0.4, 0.5) is 0 Å². The van der Waals surface area contributed by atoms with Crippen molar-refractivity contribution < 1.29 is 19.4 Å². The molecule has 1 aliphatic heterocycles. The lowest BCUT2D eigenvalue weighted by atomic mass is 9.89. The first-order chi connectivity index (χ1) is 19.5. The standard InChI is InChI=1S/C29H31ClN6O4/c30-25-10-6-21(7-11-25)14-15-32-35-28(38)29(18-23-4-1-2-5-24(23)19-33-36-31)20-40-27(34-29)22-8-12-26(13-9-22)39-17-3-16-37/h1-2,4-13,32,37H,3,14-20H2,(H,35,38)/t29-/m0/s1. The Hall–Kier alpha value is -4.08. The van der Waals surface area contributed by atoms with Gasteiger partial charge in [0.1, 0.15) is 12.4 Å². The summed E-state index contributed by atoms with van der Waals surface area (Å²) in [6.07, 6.45) is 1.49. The lowest BCUT2D eigenvalue weighted by Gasteiger charge is -2.24. The third kappa shape index (κ3) is 7.74. The highest BCUT2D eigenvalue weighted by atomic mass is 35.5. The molecular weight excluding hydrogens is 532 g/mol. The van der Waals surface area contributed by atoms with Gasteiger partial charge in [0.15, 0.2) is 5.54 Å². The van der Waals surface area contributed by atoms with Gasteiger partial charge in [-0.2, -0.15) is 0 Å². The van der Waals surface area contributed by atoms with E-state index >= 15 is 0 Å². The minimum atomic E-state index is -1.24. The highest BCUT2D eigenvalue weighted by Crippen LogP contribution is 2.29. The molecule has 3 aromatic rings. The molecule has 40 heavy (non-hydrogen) atoms. The van der Waals surface area contributed by atoms with Gasteiger partial charge in [0.05, 0.1) is 13.2 Å². The van der Waals surface area contributed by atoms with Crippen molar-refractivity contribution in [3.8, 4) is 5.75 Å². The second-order valence-electron chi connectivity index (χ2n) is 9.28. The van der Waals surface area contributed by atoms with Gasteiger partial charge in [0.25, 0.3) is 5.91 Å². The number of nitrogens with one attached hydrogen (secondary N) is 2. The Morgan fingerprint density at radius 1 is 1.12 bits per heavy atom. The van der Waals surface area contributed by atoms with E-state index in [1.54, 1.807) is 12.1 Å². The molecule has 4 rings (SSSR count). The number of nitrogens with zero attached hydrogens (tertiary/aromatic N) is 4. The van der Waals surface area contributed by atoms with Crippen LogP contribution in [0.1, 0.15) is 28.7 Å². The highest BCUT2D eigenvalue weighted by molar-refractivity contribution is 6.30. The monoisotopic (exact) mass is 562 g/mol. The molecular formula is C29H31ClN6O4. The number of amides is 1. The van der Waals surface area contributed by atoms with Crippen LogP contribution in [0.25, 0.3) is 10.4 Å². The number of hydrogen-bond acceptors (Lipinski definition) is 7. The molecule has 0 fully saturated rings. The van der Waals surface area contributed by atoms with Crippen LogP contribution in [-0.4, -0.2) is 48.8 Å². The Morgan fingerprint density at radius 2 is 1.88 bits per heavy atom. The Balaban J connectivity index is 1.52. The van der Waals surface area contributed by atoms with Gasteiger partial charge in [-0.05, 0) is 65.0 Å². The third-order valence-corrected chi connectivity index (χ3v) is 6.67. The largest absolute Gasteiger partial charge is 0.494 e. The summed E-state index contributed by atoms with van der Waals surface area (Å²) in [4.78, 5) is 21.3. The van der Waals surface area contributed by atoms with Crippen LogP contribution < -0.4 is 15.6 Å². The van der Waals surface area contributed by atoms with Crippen LogP contribution in [0, 0.1) is 0 Å². The average molecular weight is 563 g/mol. The average Bonchev–Trinajstić information content (AvgIpc) is 3.41. The summed E-state index contributed by atoms with van der Waals surface area (Å²) in [7, 11) is 0. The molecule has 1 aliphatic rings. The number of azide groups is 1. The Labute approximate surface area is 237 Å². The number of carbonyl (C=O) groups is 1. The smallest absolute Gasteiger partial charge is 0.266 e. The van der Waals surface area contributed by atoms with Crippen LogP contribution in [0.15, 0.2) is 82.9 Å². The fourth-order valence-corrected chi connectivity index (χ4v) is 4.38. The normalized spacial score (nSPS) is 16.0. The summed E-state index contributed by atoms with van der Waals surface area (Å²) in [5.41, 5.74) is 16.9. The summed E-state index contributed by atoms with van der Waals surface area (Å²) < 4.78 is 11.6. The zero-order valence-electron chi connectivity index (χ0n) is 21.9. The van der Waals surface area contributed by atoms with Gasteiger partial charge < -0.3 is 14.6 Å². The zero-order valence-corrected chi connectivity index (χ0v) is 22.7. The second-order valence-corrected chi connectivity index (χ2v) is 9.72. The van der Waals surface area contributed by atoms with Crippen molar-refractivity contribution in [2.45, 2.75) is 31.3 Å². The molecule has 0 unspecified atom stereocenters. The Kier molecular flexibility index (Phi) is 10.4. The highest BCUT2D eigenvalue weighted by Gasteiger charge is 2.45. The molecule has 208 valence electrons. The molecule has 0 aliphatic carbocycles. The molecule has 0 radical (unpaired) electrons. The fourth-order valence-electron chi connectivity index (χ4n) is 4.25. The van der Waals surface area contributed by atoms with Crippen molar-refractivity contribution >= 4 is 23.4 Å². The molecule has 3 N–H and O–H groups in total. The molecule has 10 nitrogen and oxygen atoms in total. The van der Waals surface area contributed by atoms with Crippen molar-refractivity contribution in [1.82, 2.24) is 10.9 Å². The maximum Gasteiger partial charge on any atom is 0.266 e. The topological polar surface area (TPSA) is 141 Å². The molecule has 11 heteroatoms. The molecule has 0 saturated heterocycles. The number of hydrogen-bond donors (Lipinski definition) is 3. The number of carbonyl (C=O) groups excluding carboxylic acids is 1. The minimum absolute atomic E-state index is 0.0393.